The van der Waals surface area contributed by atoms with E-state index in [0.29, 0.717) is 25.2 Å². The Hall–Kier alpha value is -2.32. The molecule has 0 aliphatic heterocycles. The molecule has 1 heterocycles. The van der Waals surface area contributed by atoms with Gasteiger partial charge in [-0.3, -0.25) is 14.8 Å². The lowest BCUT2D eigenvalue weighted by Crippen LogP contribution is -2.41. The van der Waals surface area contributed by atoms with Crippen molar-refractivity contribution in [1.29, 1.82) is 0 Å². The highest BCUT2D eigenvalue weighted by atomic mass is 19.4. The Morgan fingerprint density at radius 3 is 2.61 bits per heavy atom. The predicted octanol–water partition coefficient (Wildman–Crippen LogP) is 1.32. The van der Waals surface area contributed by atoms with Gasteiger partial charge in [0.25, 0.3) is 5.91 Å². The molecule has 0 aliphatic carbocycles. The number of carbonyl (C=O) groups is 1. The summed E-state index contributed by atoms with van der Waals surface area (Å²) in [6.07, 6.45) is -2.18. The van der Waals surface area contributed by atoms with E-state index < -0.39 is 12.6 Å². The van der Waals surface area contributed by atoms with Gasteiger partial charge in [-0.1, -0.05) is 0 Å². The van der Waals surface area contributed by atoms with Crippen LogP contribution in [0.2, 0.25) is 0 Å². The maximum atomic E-state index is 12.1. The van der Waals surface area contributed by atoms with Gasteiger partial charge in [0.1, 0.15) is 0 Å². The Morgan fingerprint density at radius 1 is 1.26 bits per heavy atom. The van der Waals surface area contributed by atoms with Crippen LogP contribution >= 0.6 is 0 Å². The summed E-state index contributed by atoms with van der Waals surface area (Å²) in [6, 6.07) is 3.29. The average Bonchev–Trinajstić information content (AvgIpc) is 2.51. The number of nitrogens with zero attached hydrogens (tertiary/aromatic N) is 2. The summed E-state index contributed by atoms with van der Waals surface area (Å²) in [5.41, 5.74) is 0.443. The third-order valence-electron chi connectivity index (χ3n) is 2.64. The molecule has 3 N–H and O–H groups in total. The largest absolute Gasteiger partial charge is 0.390 e. The molecule has 0 bridgehead atoms. The summed E-state index contributed by atoms with van der Waals surface area (Å²) in [5.74, 6) is 0.0197. The van der Waals surface area contributed by atoms with Gasteiger partial charge in [0.05, 0.1) is 18.5 Å². The van der Waals surface area contributed by atoms with E-state index in [1.807, 2.05) is 6.92 Å². The number of hydrogen-bond acceptors (Lipinski definition) is 3. The molecular weight excluding hydrogens is 311 g/mol. The number of pyridine rings is 1. The minimum atomic E-state index is -4.22. The fraction of sp³-hybridized carbons (Fsp3) is 0.500. The van der Waals surface area contributed by atoms with E-state index in [1.165, 1.54) is 6.20 Å². The minimum Gasteiger partial charge on any atom is -0.357 e. The molecule has 128 valence electrons. The van der Waals surface area contributed by atoms with Gasteiger partial charge in [-0.25, -0.2) is 0 Å². The highest BCUT2D eigenvalue weighted by Gasteiger charge is 2.26. The zero-order chi connectivity index (χ0) is 17.1. The summed E-state index contributed by atoms with van der Waals surface area (Å²) in [6.45, 7) is 2.63. The third kappa shape index (κ3) is 8.64. The molecule has 0 unspecified atom stereocenters. The van der Waals surface area contributed by atoms with Crippen LogP contribution in [0.15, 0.2) is 29.5 Å². The highest BCUT2D eigenvalue weighted by Crippen LogP contribution is 2.18. The highest BCUT2D eigenvalue weighted by molar-refractivity contribution is 5.93. The maximum Gasteiger partial charge on any atom is 0.390 e. The van der Waals surface area contributed by atoms with Gasteiger partial charge in [0.15, 0.2) is 5.96 Å². The fourth-order valence-corrected chi connectivity index (χ4v) is 1.59. The molecule has 0 spiro atoms. The van der Waals surface area contributed by atoms with Gasteiger partial charge < -0.3 is 16.0 Å². The van der Waals surface area contributed by atoms with Crippen molar-refractivity contribution in [2.24, 2.45) is 4.99 Å². The molecule has 0 fully saturated rings. The van der Waals surface area contributed by atoms with E-state index in [-0.39, 0.29) is 18.4 Å². The van der Waals surface area contributed by atoms with E-state index in [4.69, 9.17) is 0 Å². The van der Waals surface area contributed by atoms with Gasteiger partial charge in [-0.05, 0) is 19.1 Å². The molecule has 0 aliphatic rings. The van der Waals surface area contributed by atoms with E-state index in [1.54, 1.807) is 18.3 Å². The number of nitrogens with one attached hydrogen (secondary N) is 3. The number of amides is 1. The van der Waals surface area contributed by atoms with Crippen LogP contribution in [0.25, 0.3) is 0 Å². The van der Waals surface area contributed by atoms with Gasteiger partial charge in [0, 0.05) is 32.0 Å². The van der Waals surface area contributed by atoms with Crippen LogP contribution in [-0.2, 0) is 0 Å². The zero-order valence-corrected chi connectivity index (χ0v) is 12.8. The summed E-state index contributed by atoms with van der Waals surface area (Å²) >= 11 is 0. The second kappa shape index (κ2) is 9.65. The van der Waals surface area contributed by atoms with Gasteiger partial charge in [0.2, 0.25) is 0 Å². The molecule has 1 amide bonds. The lowest BCUT2D eigenvalue weighted by atomic mass is 10.3. The predicted molar refractivity (Wildman–Crippen MR) is 81.2 cm³/mol. The van der Waals surface area contributed by atoms with E-state index in [9.17, 15) is 18.0 Å². The number of carbonyl (C=O) groups excluding carboxylic acids is 1. The lowest BCUT2D eigenvalue weighted by Gasteiger charge is -2.12. The van der Waals surface area contributed by atoms with Crippen molar-refractivity contribution >= 4 is 11.9 Å². The molecule has 0 saturated heterocycles. The molecule has 0 aromatic carbocycles. The number of aliphatic imine (C=N–C) groups is 1. The molecule has 1 aromatic heterocycles. The fourth-order valence-electron chi connectivity index (χ4n) is 1.59. The molecule has 9 heteroatoms. The summed E-state index contributed by atoms with van der Waals surface area (Å²) in [5, 5.41) is 8.37. The monoisotopic (exact) mass is 331 g/mol. The van der Waals surface area contributed by atoms with Crippen molar-refractivity contribution in [2.75, 3.05) is 26.2 Å². The number of aromatic nitrogens is 1. The Labute approximate surface area is 132 Å². The van der Waals surface area contributed by atoms with Crippen LogP contribution < -0.4 is 16.0 Å². The standard InChI is InChI=1S/C14H20F3N5O/c1-2-19-13(21-7-5-14(15,16)17)22-9-8-20-12(23)11-4-3-6-18-10-11/h3-4,6,10H,2,5,7-9H2,1H3,(H,20,23)(H2,19,21,22). The van der Waals surface area contributed by atoms with Gasteiger partial charge >= 0.3 is 6.18 Å². The van der Waals surface area contributed by atoms with Crippen molar-refractivity contribution in [2.45, 2.75) is 19.5 Å². The van der Waals surface area contributed by atoms with Gasteiger partial charge in [-0.15, -0.1) is 0 Å². The Kier molecular flexibility index (Phi) is 7.86. The van der Waals surface area contributed by atoms with Crippen molar-refractivity contribution in [3.8, 4) is 0 Å². The number of rotatable bonds is 7. The Balaban J connectivity index is 2.32. The van der Waals surface area contributed by atoms with Gasteiger partial charge in [-0.2, -0.15) is 13.2 Å². The first-order chi connectivity index (χ1) is 10.9. The number of halogens is 3. The molecule has 1 aromatic rings. The lowest BCUT2D eigenvalue weighted by molar-refractivity contribution is -0.132. The summed E-state index contributed by atoms with van der Waals surface area (Å²) in [7, 11) is 0. The smallest absolute Gasteiger partial charge is 0.357 e. The van der Waals surface area contributed by atoms with Crippen LogP contribution in [-0.4, -0.2) is 49.2 Å². The number of alkyl halides is 3. The molecule has 0 radical (unpaired) electrons. The molecular formula is C14H20F3N5O. The first-order valence-electron chi connectivity index (χ1n) is 7.19. The Bertz CT molecular complexity index is 505. The maximum absolute atomic E-state index is 12.1. The Morgan fingerprint density at radius 2 is 2.00 bits per heavy atom. The molecule has 1 rings (SSSR count). The van der Waals surface area contributed by atoms with Crippen molar-refractivity contribution < 1.29 is 18.0 Å². The molecule has 6 nitrogen and oxygen atoms in total. The number of hydrogen-bond donors (Lipinski definition) is 3. The third-order valence-corrected chi connectivity index (χ3v) is 2.64. The first-order valence-corrected chi connectivity index (χ1v) is 7.19. The van der Waals surface area contributed by atoms with Crippen LogP contribution in [0.3, 0.4) is 0 Å². The van der Waals surface area contributed by atoms with Crippen LogP contribution in [0.5, 0.6) is 0 Å². The SMILES string of the molecule is CCNC(=NCCC(F)(F)F)NCCNC(=O)c1cccnc1. The van der Waals surface area contributed by atoms with E-state index in [2.05, 4.69) is 25.9 Å². The van der Waals surface area contributed by atoms with Crippen LogP contribution in [0, 0.1) is 0 Å². The van der Waals surface area contributed by atoms with Crippen molar-refractivity contribution in [1.82, 2.24) is 20.9 Å². The van der Waals surface area contributed by atoms with Crippen LogP contribution in [0.4, 0.5) is 13.2 Å². The second-order valence-electron chi connectivity index (χ2n) is 4.55. The molecule has 0 saturated carbocycles. The molecule has 23 heavy (non-hydrogen) atoms. The quantitative estimate of drug-likeness (QED) is 0.400. The first kappa shape index (κ1) is 18.7. The second-order valence-corrected chi connectivity index (χ2v) is 4.55. The van der Waals surface area contributed by atoms with Crippen molar-refractivity contribution in [3.63, 3.8) is 0 Å². The summed E-state index contributed by atoms with van der Waals surface area (Å²) < 4.78 is 36.3. The van der Waals surface area contributed by atoms with Crippen molar-refractivity contribution in [3.05, 3.63) is 30.1 Å². The normalized spacial score (nSPS) is 11.9. The number of guanidine groups is 1. The topological polar surface area (TPSA) is 78.4 Å². The van der Waals surface area contributed by atoms with E-state index in [0.717, 1.165) is 0 Å². The average molecular weight is 331 g/mol. The van der Waals surface area contributed by atoms with E-state index >= 15 is 0 Å². The zero-order valence-electron chi connectivity index (χ0n) is 12.8. The summed E-state index contributed by atoms with van der Waals surface area (Å²) in [4.78, 5) is 19.4. The van der Waals surface area contributed by atoms with Crippen LogP contribution in [0.1, 0.15) is 23.7 Å². The minimum absolute atomic E-state index is 0.265. The molecule has 0 atom stereocenters.